The summed E-state index contributed by atoms with van der Waals surface area (Å²) in [6, 6.07) is 8.11. The van der Waals surface area contributed by atoms with Crippen molar-refractivity contribution in [1.29, 1.82) is 0 Å². The number of anilines is 1. The van der Waals surface area contributed by atoms with Gasteiger partial charge in [0.2, 0.25) is 0 Å². The van der Waals surface area contributed by atoms with E-state index in [2.05, 4.69) is 9.88 Å². The van der Waals surface area contributed by atoms with E-state index in [0.29, 0.717) is 13.1 Å². The van der Waals surface area contributed by atoms with Crippen molar-refractivity contribution in [1.82, 2.24) is 9.55 Å². The monoisotopic (exact) mass is 273 g/mol. The van der Waals surface area contributed by atoms with Crippen molar-refractivity contribution in [3.8, 4) is 0 Å². The first-order valence-electron chi connectivity index (χ1n) is 6.55. The molecule has 0 spiro atoms. The first-order chi connectivity index (χ1) is 9.56. The van der Waals surface area contributed by atoms with Gasteiger partial charge >= 0.3 is 5.97 Å². The van der Waals surface area contributed by atoms with Gasteiger partial charge in [0, 0.05) is 25.5 Å². The highest BCUT2D eigenvalue weighted by molar-refractivity contribution is 5.67. The Morgan fingerprint density at radius 2 is 2.05 bits per heavy atom. The maximum atomic E-state index is 10.8. The van der Waals surface area contributed by atoms with Gasteiger partial charge < -0.3 is 14.6 Å². The molecule has 0 atom stereocenters. The second-order valence-electron chi connectivity index (χ2n) is 4.90. The molecule has 106 valence electrons. The summed E-state index contributed by atoms with van der Waals surface area (Å²) >= 11 is 0. The summed E-state index contributed by atoms with van der Waals surface area (Å²) in [7, 11) is 1.94. The van der Waals surface area contributed by atoms with Crippen molar-refractivity contribution in [3.63, 3.8) is 0 Å². The van der Waals surface area contributed by atoms with E-state index in [4.69, 9.17) is 5.11 Å². The number of benzene rings is 1. The van der Waals surface area contributed by atoms with E-state index in [1.807, 2.05) is 49.0 Å². The predicted octanol–water partition coefficient (Wildman–Crippen LogP) is 2.21. The molecule has 0 saturated heterocycles. The Balaban J connectivity index is 2.17. The molecule has 0 unspecified atom stereocenters. The molecule has 0 aliphatic carbocycles. The van der Waals surface area contributed by atoms with Crippen LogP contribution < -0.4 is 4.90 Å². The van der Waals surface area contributed by atoms with Crippen molar-refractivity contribution in [2.75, 3.05) is 11.4 Å². The van der Waals surface area contributed by atoms with Gasteiger partial charge in [-0.3, -0.25) is 4.79 Å². The summed E-state index contributed by atoms with van der Waals surface area (Å²) in [4.78, 5) is 17.0. The highest BCUT2D eigenvalue weighted by Gasteiger charge is 2.11. The van der Waals surface area contributed by atoms with Crippen molar-refractivity contribution < 1.29 is 9.90 Å². The third-order valence-electron chi connectivity index (χ3n) is 3.26. The molecule has 0 aliphatic heterocycles. The van der Waals surface area contributed by atoms with Crippen LogP contribution in [0.15, 0.2) is 36.8 Å². The third kappa shape index (κ3) is 3.60. The van der Waals surface area contributed by atoms with E-state index >= 15 is 0 Å². The Hall–Kier alpha value is -2.30. The van der Waals surface area contributed by atoms with Crippen LogP contribution in [0, 0.1) is 6.92 Å². The van der Waals surface area contributed by atoms with Crippen LogP contribution in [0.4, 0.5) is 5.69 Å². The maximum Gasteiger partial charge on any atom is 0.305 e. The van der Waals surface area contributed by atoms with Crippen LogP contribution in [0.25, 0.3) is 0 Å². The molecule has 0 aliphatic rings. The number of carbonyl (C=O) groups is 1. The molecule has 1 aromatic carbocycles. The molecule has 20 heavy (non-hydrogen) atoms. The summed E-state index contributed by atoms with van der Waals surface area (Å²) in [6.07, 6.45) is 3.67. The number of aryl methyl sites for hydroxylation is 2. The lowest BCUT2D eigenvalue weighted by atomic mass is 10.2. The van der Waals surface area contributed by atoms with Crippen LogP contribution in [0.3, 0.4) is 0 Å². The summed E-state index contributed by atoms with van der Waals surface area (Å²) in [5.41, 5.74) is 3.27. The number of imidazole rings is 1. The highest BCUT2D eigenvalue weighted by Crippen LogP contribution is 2.18. The molecule has 0 radical (unpaired) electrons. The zero-order chi connectivity index (χ0) is 14.5. The van der Waals surface area contributed by atoms with Gasteiger partial charge in [-0.25, -0.2) is 4.98 Å². The lowest BCUT2D eigenvalue weighted by Gasteiger charge is -2.24. The number of aliphatic carboxylic acids is 1. The van der Waals surface area contributed by atoms with E-state index in [-0.39, 0.29) is 6.42 Å². The Bertz CT molecular complexity index is 575. The molecule has 2 rings (SSSR count). The lowest BCUT2D eigenvalue weighted by Crippen LogP contribution is -2.26. The fourth-order valence-corrected chi connectivity index (χ4v) is 2.02. The molecule has 0 saturated carbocycles. The molecular weight excluding hydrogens is 254 g/mol. The largest absolute Gasteiger partial charge is 0.481 e. The minimum atomic E-state index is -0.785. The van der Waals surface area contributed by atoms with Crippen molar-refractivity contribution in [3.05, 3.63) is 48.0 Å². The van der Waals surface area contributed by atoms with Gasteiger partial charge in [-0.15, -0.1) is 0 Å². The zero-order valence-electron chi connectivity index (χ0n) is 11.8. The fourth-order valence-electron chi connectivity index (χ4n) is 2.02. The molecular formula is C15H19N3O2. The SMILES string of the molecule is Cc1ccc(N(CCC(=O)O)Cc2cncn2C)cc1. The standard InChI is InChI=1S/C15H19N3O2/c1-12-3-5-13(6-4-12)18(8-7-15(19)20)10-14-9-16-11-17(14)2/h3-6,9,11H,7-8,10H2,1-2H3,(H,19,20). The number of carboxylic acid groups (broad SMARTS) is 1. The Labute approximate surface area is 118 Å². The number of rotatable bonds is 6. The molecule has 5 nitrogen and oxygen atoms in total. The van der Waals surface area contributed by atoms with Crippen molar-refractivity contribution in [2.24, 2.45) is 7.05 Å². The number of carboxylic acids is 1. The number of hydrogen-bond acceptors (Lipinski definition) is 3. The summed E-state index contributed by atoms with van der Waals surface area (Å²) < 4.78 is 1.95. The molecule has 1 N–H and O–H groups in total. The van der Waals surface area contributed by atoms with Crippen LogP contribution in [-0.2, 0) is 18.4 Å². The van der Waals surface area contributed by atoms with Crippen LogP contribution in [0.5, 0.6) is 0 Å². The molecule has 5 heteroatoms. The van der Waals surface area contributed by atoms with Gasteiger partial charge in [0.05, 0.1) is 25.0 Å². The number of hydrogen-bond donors (Lipinski definition) is 1. The first-order valence-corrected chi connectivity index (χ1v) is 6.55. The minimum Gasteiger partial charge on any atom is -0.481 e. The summed E-state index contributed by atoms with van der Waals surface area (Å²) in [5, 5.41) is 8.89. The summed E-state index contributed by atoms with van der Waals surface area (Å²) in [6.45, 7) is 3.16. The van der Waals surface area contributed by atoms with Gasteiger partial charge in [0.25, 0.3) is 0 Å². The van der Waals surface area contributed by atoms with Crippen molar-refractivity contribution >= 4 is 11.7 Å². The highest BCUT2D eigenvalue weighted by atomic mass is 16.4. The molecule has 2 aromatic rings. The smallest absolute Gasteiger partial charge is 0.305 e. The van der Waals surface area contributed by atoms with Gasteiger partial charge in [-0.2, -0.15) is 0 Å². The van der Waals surface area contributed by atoms with E-state index in [9.17, 15) is 4.79 Å². The molecule has 1 aromatic heterocycles. The minimum absolute atomic E-state index is 0.117. The van der Waals surface area contributed by atoms with Crippen LogP contribution in [0.2, 0.25) is 0 Å². The van der Waals surface area contributed by atoms with E-state index in [1.165, 1.54) is 5.56 Å². The lowest BCUT2D eigenvalue weighted by molar-refractivity contribution is -0.136. The Morgan fingerprint density at radius 1 is 1.35 bits per heavy atom. The van der Waals surface area contributed by atoms with Gasteiger partial charge in [0.15, 0.2) is 0 Å². The Kier molecular flexibility index (Phi) is 4.40. The van der Waals surface area contributed by atoms with E-state index in [1.54, 1.807) is 6.33 Å². The molecule has 0 bridgehead atoms. The Morgan fingerprint density at radius 3 is 2.60 bits per heavy atom. The predicted molar refractivity (Wildman–Crippen MR) is 77.7 cm³/mol. The fraction of sp³-hybridized carbons (Fsp3) is 0.333. The molecule has 0 fully saturated rings. The number of nitrogens with zero attached hydrogens (tertiary/aromatic N) is 3. The third-order valence-corrected chi connectivity index (χ3v) is 3.26. The first kappa shape index (κ1) is 14.1. The van der Waals surface area contributed by atoms with Crippen LogP contribution >= 0.6 is 0 Å². The average molecular weight is 273 g/mol. The second-order valence-corrected chi connectivity index (χ2v) is 4.90. The van der Waals surface area contributed by atoms with E-state index in [0.717, 1.165) is 11.4 Å². The average Bonchev–Trinajstić information content (AvgIpc) is 2.81. The molecule has 1 heterocycles. The molecule has 0 amide bonds. The zero-order valence-corrected chi connectivity index (χ0v) is 11.8. The van der Waals surface area contributed by atoms with Gasteiger partial charge in [0.1, 0.15) is 0 Å². The van der Waals surface area contributed by atoms with Gasteiger partial charge in [-0.1, -0.05) is 17.7 Å². The quantitative estimate of drug-likeness (QED) is 0.876. The number of aromatic nitrogens is 2. The normalized spacial score (nSPS) is 10.5. The van der Waals surface area contributed by atoms with Gasteiger partial charge in [-0.05, 0) is 19.1 Å². The van der Waals surface area contributed by atoms with Crippen LogP contribution in [0.1, 0.15) is 17.7 Å². The van der Waals surface area contributed by atoms with Crippen LogP contribution in [-0.4, -0.2) is 27.2 Å². The maximum absolute atomic E-state index is 10.8. The van der Waals surface area contributed by atoms with Crippen molar-refractivity contribution in [2.45, 2.75) is 19.9 Å². The topological polar surface area (TPSA) is 58.4 Å². The second kappa shape index (κ2) is 6.23. The summed E-state index contributed by atoms with van der Waals surface area (Å²) in [5.74, 6) is -0.785. The van der Waals surface area contributed by atoms with E-state index < -0.39 is 5.97 Å².